The van der Waals surface area contributed by atoms with Crippen molar-refractivity contribution in [1.29, 1.82) is 0 Å². The molecular weight excluding hydrogens is 478 g/mol. The van der Waals surface area contributed by atoms with Gasteiger partial charge >= 0.3 is 5.97 Å². The molecule has 0 bridgehead atoms. The van der Waals surface area contributed by atoms with Crippen molar-refractivity contribution in [3.63, 3.8) is 0 Å². The molecule has 4 rings (SSSR count). The highest BCUT2D eigenvalue weighted by Crippen LogP contribution is 2.34. The number of aryl methyl sites for hydroxylation is 1. The summed E-state index contributed by atoms with van der Waals surface area (Å²) in [7, 11) is 3.39. The third kappa shape index (κ3) is 6.56. The van der Waals surface area contributed by atoms with Crippen LogP contribution >= 0.6 is 0 Å². The highest BCUT2D eigenvalue weighted by atomic mass is 16.5. The minimum absolute atomic E-state index is 0.0750. The Hall–Kier alpha value is -3.77. The lowest BCUT2D eigenvalue weighted by atomic mass is 10.0. The molecule has 0 unspecified atom stereocenters. The van der Waals surface area contributed by atoms with Gasteiger partial charge in [0.25, 0.3) is 0 Å². The largest absolute Gasteiger partial charge is 0.496 e. The van der Waals surface area contributed by atoms with Gasteiger partial charge in [-0.2, -0.15) is 0 Å². The number of nitrogens with zero attached hydrogens (tertiary/aromatic N) is 1. The van der Waals surface area contributed by atoms with Crippen LogP contribution in [0, 0.1) is 0 Å². The lowest BCUT2D eigenvalue weighted by Gasteiger charge is -2.17. The van der Waals surface area contributed by atoms with Crippen molar-refractivity contribution in [2.45, 2.75) is 51.7 Å². The number of para-hydroxylation sites is 1. The molecule has 6 nitrogen and oxygen atoms in total. The molecule has 0 aliphatic carbocycles. The molecule has 0 radical (unpaired) electrons. The smallest absolute Gasteiger partial charge is 0.338 e. The maximum absolute atomic E-state index is 12.3. The van der Waals surface area contributed by atoms with E-state index in [9.17, 15) is 9.90 Å². The summed E-state index contributed by atoms with van der Waals surface area (Å²) in [6.07, 6.45) is 6.09. The molecule has 1 heterocycles. The molecule has 200 valence electrons. The number of hydrogen-bond donors (Lipinski definition) is 1. The molecule has 0 saturated heterocycles. The molecule has 1 atom stereocenters. The van der Waals surface area contributed by atoms with Crippen molar-refractivity contribution in [1.82, 2.24) is 4.57 Å². The summed E-state index contributed by atoms with van der Waals surface area (Å²) in [6.45, 7) is 2.69. The number of esters is 1. The van der Waals surface area contributed by atoms with Crippen molar-refractivity contribution < 1.29 is 24.1 Å². The second-order valence-electron chi connectivity index (χ2n) is 9.56. The summed E-state index contributed by atoms with van der Waals surface area (Å²) >= 11 is 0. The number of fused-ring (bicyclic) bond motifs is 1. The van der Waals surface area contributed by atoms with E-state index in [1.54, 1.807) is 38.5 Å². The number of rotatable bonds is 13. The average Bonchev–Trinajstić information content (AvgIpc) is 3.29. The van der Waals surface area contributed by atoms with Crippen LogP contribution in [0.1, 0.15) is 53.2 Å². The van der Waals surface area contributed by atoms with Crippen LogP contribution in [0.15, 0.2) is 72.9 Å². The molecule has 4 aromatic rings. The summed E-state index contributed by atoms with van der Waals surface area (Å²) in [5, 5.41) is 11.8. The van der Waals surface area contributed by atoms with Gasteiger partial charge in [0.2, 0.25) is 0 Å². The Balaban J connectivity index is 1.54. The minimum Gasteiger partial charge on any atom is -0.496 e. The summed E-state index contributed by atoms with van der Waals surface area (Å²) in [5.41, 5.74) is 4.68. The summed E-state index contributed by atoms with van der Waals surface area (Å²) in [6, 6.07) is 21.2. The molecule has 6 heteroatoms. The van der Waals surface area contributed by atoms with E-state index in [0.717, 1.165) is 46.4 Å². The maximum Gasteiger partial charge on any atom is 0.338 e. The second-order valence-corrected chi connectivity index (χ2v) is 9.56. The van der Waals surface area contributed by atoms with Crippen molar-refractivity contribution in [2.24, 2.45) is 0 Å². The number of aromatic nitrogens is 1. The SMILES string of the molecule is CCCCCc1cc(OC)c(Cn2cc(C[C@H](O)COC(=O)c3ccccc3)c3ccccc32)c(OC)c1. The molecule has 0 spiro atoms. The zero-order chi connectivity index (χ0) is 26.9. The quantitative estimate of drug-likeness (QED) is 0.170. The van der Waals surface area contributed by atoms with Crippen molar-refractivity contribution >= 4 is 16.9 Å². The Labute approximate surface area is 224 Å². The van der Waals surface area contributed by atoms with Gasteiger partial charge < -0.3 is 23.9 Å². The first-order chi connectivity index (χ1) is 18.5. The molecule has 0 saturated carbocycles. The Morgan fingerprint density at radius 3 is 2.32 bits per heavy atom. The van der Waals surface area contributed by atoms with Crippen LogP contribution in [0.4, 0.5) is 0 Å². The standard InChI is InChI=1S/C32H37NO5/c1-4-5-7-12-23-17-30(36-2)28(31(18-23)37-3)21-33-20-25(27-15-10-11-16-29(27)33)19-26(34)22-38-32(35)24-13-8-6-9-14-24/h6,8-11,13-18,20,26,34H,4-5,7,12,19,21-22H2,1-3H3/t26-/m0/s1. The predicted octanol–water partition coefficient (Wildman–Crippen LogP) is 6.20. The van der Waals surface area contributed by atoms with Crippen LogP contribution in [-0.2, 0) is 24.1 Å². The predicted molar refractivity (Wildman–Crippen MR) is 150 cm³/mol. The molecule has 0 aliphatic heterocycles. The van der Waals surface area contributed by atoms with Gasteiger partial charge in [-0.05, 0) is 54.3 Å². The van der Waals surface area contributed by atoms with Crippen LogP contribution in [-0.4, -0.2) is 42.6 Å². The van der Waals surface area contributed by atoms with Gasteiger partial charge in [0.15, 0.2) is 0 Å². The Kier molecular flexibility index (Phi) is 9.44. The van der Waals surface area contributed by atoms with Gasteiger partial charge in [0.1, 0.15) is 18.1 Å². The van der Waals surface area contributed by atoms with Crippen LogP contribution in [0.3, 0.4) is 0 Å². The highest BCUT2D eigenvalue weighted by molar-refractivity contribution is 5.89. The second kappa shape index (κ2) is 13.2. The highest BCUT2D eigenvalue weighted by Gasteiger charge is 2.18. The van der Waals surface area contributed by atoms with E-state index >= 15 is 0 Å². The fourth-order valence-electron chi connectivity index (χ4n) is 4.85. The van der Waals surface area contributed by atoms with Crippen LogP contribution in [0.5, 0.6) is 11.5 Å². The molecule has 0 fully saturated rings. The fraction of sp³-hybridized carbons (Fsp3) is 0.344. The minimum atomic E-state index is -0.826. The topological polar surface area (TPSA) is 69.9 Å². The summed E-state index contributed by atoms with van der Waals surface area (Å²) in [4.78, 5) is 12.3. The zero-order valence-electron chi connectivity index (χ0n) is 22.5. The van der Waals surface area contributed by atoms with Gasteiger partial charge in [-0.25, -0.2) is 4.79 Å². The molecular formula is C32H37NO5. The fourth-order valence-corrected chi connectivity index (χ4v) is 4.85. The molecule has 3 aromatic carbocycles. The van der Waals surface area contributed by atoms with Gasteiger partial charge in [0, 0.05) is 23.5 Å². The molecule has 0 amide bonds. The van der Waals surface area contributed by atoms with E-state index in [2.05, 4.69) is 42.0 Å². The monoisotopic (exact) mass is 515 g/mol. The van der Waals surface area contributed by atoms with Gasteiger partial charge in [0.05, 0.1) is 38.0 Å². The number of hydrogen-bond acceptors (Lipinski definition) is 5. The summed E-state index contributed by atoms with van der Waals surface area (Å²) in [5.74, 6) is 1.18. The lowest BCUT2D eigenvalue weighted by molar-refractivity contribution is 0.0259. The first-order valence-corrected chi connectivity index (χ1v) is 13.2. The number of methoxy groups -OCH3 is 2. The summed E-state index contributed by atoms with van der Waals surface area (Å²) < 4.78 is 19.1. The van der Waals surface area contributed by atoms with E-state index in [4.69, 9.17) is 14.2 Å². The van der Waals surface area contributed by atoms with Gasteiger partial charge in [-0.1, -0.05) is 56.2 Å². The third-order valence-corrected chi connectivity index (χ3v) is 6.81. The number of ether oxygens (including phenoxy) is 3. The normalized spacial score (nSPS) is 11.9. The molecule has 38 heavy (non-hydrogen) atoms. The number of carbonyl (C=O) groups excluding carboxylic acids is 1. The third-order valence-electron chi connectivity index (χ3n) is 6.81. The number of aliphatic hydroxyl groups is 1. The van der Waals surface area contributed by atoms with E-state index < -0.39 is 12.1 Å². The van der Waals surface area contributed by atoms with E-state index in [-0.39, 0.29) is 6.61 Å². The zero-order valence-corrected chi connectivity index (χ0v) is 22.5. The maximum atomic E-state index is 12.3. The van der Waals surface area contributed by atoms with Gasteiger partial charge in [-0.3, -0.25) is 0 Å². The molecule has 0 aliphatic rings. The number of aliphatic hydroxyl groups excluding tert-OH is 1. The Bertz CT molecular complexity index is 1320. The van der Waals surface area contributed by atoms with E-state index in [1.807, 2.05) is 18.2 Å². The van der Waals surface area contributed by atoms with Gasteiger partial charge in [-0.15, -0.1) is 0 Å². The number of benzene rings is 3. The number of unbranched alkanes of at least 4 members (excludes halogenated alkanes) is 2. The van der Waals surface area contributed by atoms with E-state index in [0.29, 0.717) is 18.5 Å². The van der Waals surface area contributed by atoms with E-state index in [1.165, 1.54) is 18.4 Å². The lowest BCUT2D eigenvalue weighted by Crippen LogP contribution is -2.20. The number of carbonyl (C=O) groups is 1. The van der Waals surface area contributed by atoms with Crippen molar-refractivity contribution in [2.75, 3.05) is 20.8 Å². The molecule has 1 aromatic heterocycles. The Morgan fingerprint density at radius 1 is 0.947 bits per heavy atom. The first kappa shape index (κ1) is 27.3. The molecule has 1 N–H and O–H groups in total. The first-order valence-electron chi connectivity index (χ1n) is 13.2. The Morgan fingerprint density at radius 2 is 1.63 bits per heavy atom. The average molecular weight is 516 g/mol. The van der Waals surface area contributed by atoms with Crippen molar-refractivity contribution in [3.8, 4) is 11.5 Å². The van der Waals surface area contributed by atoms with Crippen molar-refractivity contribution in [3.05, 3.63) is 95.2 Å². The van der Waals surface area contributed by atoms with Crippen LogP contribution < -0.4 is 9.47 Å². The van der Waals surface area contributed by atoms with Crippen LogP contribution in [0.2, 0.25) is 0 Å². The van der Waals surface area contributed by atoms with Crippen LogP contribution in [0.25, 0.3) is 10.9 Å².